The third-order valence-electron chi connectivity index (χ3n) is 0.500. The third kappa shape index (κ3) is 56.2. The fourth-order valence-corrected chi connectivity index (χ4v) is 0.193. The van der Waals surface area contributed by atoms with Crippen molar-refractivity contribution in [2.24, 2.45) is 4.99 Å². The summed E-state index contributed by atoms with van der Waals surface area (Å²) in [7, 11) is 6.39. The van der Waals surface area contributed by atoms with E-state index in [2.05, 4.69) is 29.7 Å². The molecule has 0 aliphatic heterocycles. The number of hydrogen-bond acceptors (Lipinski definition) is 2. The average molecular weight is 999 g/mol. The maximum atomic E-state index is 7.96. The minimum Gasteiger partial charge on any atom is -0.587 e. The normalized spacial score (nSPS) is 4.33. The largest absolute Gasteiger partial charge is 0.587 e. The van der Waals surface area contributed by atoms with E-state index in [0.29, 0.717) is 0 Å². The summed E-state index contributed by atoms with van der Waals surface area (Å²) in [6.45, 7) is 0. The first-order valence-electron chi connectivity index (χ1n) is 1.87. The van der Waals surface area contributed by atoms with Crippen molar-refractivity contribution < 1.29 is 327 Å². The summed E-state index contributed by atoms with van der Waals surface area (Å²) in [6.07, 6.45) is 1.65. The Hall–Kier alpha value is 9.67. The van der Waals surface area contributed by atoms with Gasteiger partial charge in [0.05, 0.1) is 0 Å². The number of guanidine groups is 1. The van der Waals surface area contributed by atoms with Crippen molar-refractivity contribution in [3.8, 4) is 6.19 Å². The Morgan fingerprint density at radius 1 is 0.833 bits per heavy atom. The van der Waals surface area contributed by atoms with Crippen molar-refractivity contribution in [1.29, 1.82) is 5.26 Å². The number of rotatable bonds is 0. The maximum absolute atomic E-state index is 7.96. The Labute approximate surface area is 362 Å². The molecule has 0 aromatic heterocycles. The molecule has 0 aromatic carbocycles. The molecule has 0 spiro atoms. The predicted molar refractivity (Wildman–Crippen MR) is 30.0 cm³/mol. The summed E-state index contributed by atoms with van der Waals surface area (Å²) in [5, 5.41) is 12.5. The summed E-state index contributed by atoms with van der Waals surface area (Å²) in [5.74, 6) is 0.257. The molecule has 0 amide bonds. The van der Waals surface area contributed by atoms with E-state index in [1.165, 1.54) is 0 Å². The van der Waals surface area contributed by atoms with Crippen LogP contribution in [0.4, 0.5) is 0 Å². The van der Waals surface area contributed by atoms with E-state index in [9.17, 15) is 0 Å². The van der Waals surface area contributed by atoms with Crippen molar-refractivity contribution in [3.05, 3.63) is 14.1 Å². The van der Waals surface area contributed by atoms with Gasteiger partial charge in [-0.05, 0) is 0 Å². The fourth-order valence-electron chi connectivity index (χ4n) is 0.193. The van der Waals surface area contributed by atoms with Gasteiger partial charge in [-0.15, -0.1) is 0 Å². The van der Waals surface area contributed by atoms with Crippen LogP contribution in [-0.2, 0) is 327 Å². The fraction of sp³-hybridized carbons (Fsp3) is 0. The van der Waals surface area contributed by atoms with Crippen LogP contribution in [0.15, 0.2) is 4.99 Å². The van der Waals surface area contributed by atoms with E-state index in [-0.39, 0.29) is 333 Å². The molecule has 10 radical (unpaired) electrons. The van der Waals surface area contributed by atoms with Crippen LogP contribution in [0.1, 0.15) is 0 Å². The summed E-state index contributed by atoms with van der Waals surface area (Å²) in [5.41, 5.74) is 0. The maximum Gasteiger partial charge on any atom is 0.166 e. The molecule has 18 heavy (non-hydrogen) atoms. The summed E-state index contributed by atoms with van der Waals surface area (Å²) in [6, 6.07) is 0. The second-order valence-corrected chi connectivity index (χ2v) is 0.920. The molecule has 0 bridgehead atoms. The van der Waals surface area contributed by atoms with Gasteiger partial charge in [0.2, 0.25) is 0 Å². The quantitative estimate of drug-likeness (QED) is 0.114. The Morgan fingerprint density at radius 2 is 1.11 bits per heavy atom. The predicted octanol–water partition coefficient (Wildman–Crippen LogP) is -0.439. The van der Waals surface area contributed by atoms with Gasteiger partial charge < -0.3 is 15.6 Å². The first-order chi connectivity index (χ1) is 3.85. The van der Waals surface area contributed by atoms with E-state index < -0.39 is 0 Å². The van der Waals surface area contributed by atoms with Crippen LogP contribution in [0.25, 0.3) is 0 Å². The molecule has 0 aliphatic carbocycles. The Balaban J connectivity index is -0.00000000544. The monoisotopic (exact) mass is 999 g/mol. The Kier molecular flexibility index (Phi) is 249. The van der Waals surface area contributed by atoms with Crippen LogP contribution in [0.5, 0.6) is 0 Å². The number of aliphatic imine (C=N–C) groups is 1. The summed E-state index contributed by atoms with van der Waals surface area (Å²) in [4.78, 5) is 3.36. The van der Waals surface area contributed by atoms with Gasteiger partial charge in [0.25, 0.3) is 0 Å². The standard InChI is InChI=1S/C4H6N4.10Y/c1-6-4(7-2)8-3-5;;;;;;;;;;/h1-2H2,(H2,6,7,8);;;;;;;;;;/q-2;;;;;;;;;;. The average Bonchev–Trinajstić information content (AvgIpc) is 1.83. The zero-order valence-electron chi connectivity index (χ0n) is 10.1. The van der Waals surface area contributed by atoms with Crippen molar-refractivity contribution in [2.45, 2.75) is 0 Å². The Morgan fingerprint density at radius 3 is 1.17 bits per heavy atom. The molecular weight excluding hydrogens is 993 g/mol. The molecule has 2 N–H and O–H groups in total. The van der Waals surface area contributed by atoms with Gasteiger partial charge in [-0.3, -0.25) is 7.05 Å². The molecule has 0 fully saturated rings. The second-order valence-electron chi connectivity index (χ2n) is 0.920. The number of hydrogen-bond donors (Lipinski definition) is 2. The minimum absolute atomic E-state index is 0. The smallest absolute Gasteiger partial charge is 0.166 e. The third-order valence-corrected chi connectivity index (χ3v) is 0.500. The molecule has 74 valence electrons. The summed E-state index contributed by atoms with van der Waals surface area (Å²) < 4.78 is 0. The van der Waals surface area contributed by atoms with Crippen molar-refractivity contribution in [2.75, 3.05) is 0 Å². The van der Waals surface area contributed by atoms with Gasteiger partial charge in [-0.2, -0.15) is 12.3 Å². The van der Waals surface area contributed by atoms with Crippen molar-refractivity contribution in [3.63, 3.8) is 0 Å². The van der Waals surface area contributed by atoms with Crippen LogP contribution in [-0.4, -0.2) is 5.96 Å². The zero-order valence-corrected chi connectivity index (χ0v) is 38.5. The first-order valence-corrected chi connectivity index (χ1v) is 1.87. The molecule has 0 unspecified atom stereocenters. The van der Waals surface area contributed by atoms with E-state index in [4.69, 9.17) is 5.26 Å². The Bertz CT molecular complexity index is 138. The number of nitriles is 1. The molecule has 0 rings (SSSR count). The molecule has 0 saturated carbocycles. The van der Waals surface area contributed by atoms with E-state index in [1.807, 2.05) is 0 Å². The molecule has 0 atom stereocenters. The zero-order chi connectivity index (χ0) is 6.41. The molecule has 14 heteroatoms. The van der Waals surface area contributed by atoms with Crippen LogP contribution in [0, 0.1) is 25.6 Å². The van der Waals surface area contributed by atoms with Gasteiger partial charge in [-0.1, -0.05) is 0 Å². The number of nitrogens with zero attached hydrogens (tertiary/aromatic N) is 2. The SMILES string of the molecule is [CH2-]N=C(N[CH2-])NC#N.[Y].[Y].[Y].[Y].[Y].[Y].[Y].[Y].[Y].[Y]. The van der Waals surface area contributed by atoms with Crippen LogP contribution >= 0.6 is 0 Å². The topological polar surface area (TPSA) is 60.2 Å². The first kappa shape index (κ1) is 70.8. The molecular formula is C4H6N4Y10-2. The molecule has 0 aliphatic rings. The van der Waals surface area contributed by atoms with E-state index >= 15 is 0 Å². The molecule has 4 nitrogen and oxygen atoms in total. The van der Waals surface area contributed by atoms with Crippen LogP contribution < -0.4 is 10.6 Å². The summed E-state index contributed by atoms with van der Waals surface area (Å²) >= 11 is 0. The van der Waals surface area contributed by atoms with Gasteiger partial charge in [-0.25, -0.2) is 0 Å². The van der Waals surface area contributed by atoms with Gasteiger partial charge in [0.1, 0.15) is 0 Å². The van der Waals surface area contributed by atoms with Gasteiger partial charge in [0.15, 0.2) is 6.19 Å². The van der Waals surface area contributed by atoms with Crippen molar-refractivity contribution >= 4 is 5.96 Å². The van der Waals surface area contributed by atoms with Crippen molar-refractivity contribution in [1.82, 2.24) is 10.6 Å². The van der Waals surface area contributed by atoms with Gasteiger partial charge in [0, 0.05) is 333 Å². The minimum atomic E-state index is 0. The molecule has 0 aromatic rings. The molecule has 0 heterocycles. The van der Waals surface area contributed by atoms with Gasteiger partial charge >= 0.3 is 0 Å². The van der Waals surface area contributed by atoms with E-state index in [0.717, 1.165) is 0 Å². The molecule has 0 saturated heterocycles. The second kappa shape index (κ2) is 63.2. The van der Waals surface area contributed by atoms with Crippen LogP contribution in [0.3, 0.4) is 0 Å². The van der Waals surface area contributed by atoms with Crippen LogP contribution in [0.2, 0.25) is 0 Å². The number of nitrogens with one attached hydrogen (secondary N) is 2. The van der Waals surface area contributed by atoms with E-state index in [1.54, 1.807) is 6.19 Å².